The highest BCUT2D eigenvalue weighted by Gasteiger charge is 2.24. The SMILES string of the molecule is Cc1c(NC(=O)[C@@H](C)OC(=O)c2cccc(OC(F)F)c2)c(=O)n(-c2ccccc2)n1C. The van der Waals surface area contributed by atoms with E-state index >= 15 is 0 Å². The van der Waals surface area contributed by atoms with Crippen molar-refractivity contribution in [2.24, 2.45) is 7.05 Å². The highest BCUT2D eigenvalue weighted by Crippen LogP contribution is 2.18. The van der Waals surface area contributed by atoms with Gasteiger partial charge in [-0.1, -0.05) is 24.3 Å². The van der Waals surface area contributed by atoms with Gasteiger partial charge in [-0.05, 0) is 44.2 Å². The molecule has 8 nitrogen and oxygen atoms in total. The molecule has 1 atom stereocenters. The van der Waals surface area contributed by atoms with Crippen LogP contribution in [0.5, 0.6) is 5.75 Å². The molecule has 0 aliphatic rings. The maximum atomic E-state index is 12.9. The second-order valence-electron chi connectivity index (χ2n) is 6.88. The fourth-order valence-corrected chi connectivity index (χ4v) is 3.02. The Balaban J connectivity index is 1.74. The Hall–Kier alpha value is -3.95. The lowest BCUT2D eigenvalue weighted by Gasteiger charge is -2.13. The van der Waals surface area contributed by atoms with Crippen LogP contribution in [0.25, 0.3) is 5.69 Å². The number of amides is 1. The van der Waals surface area contributed by atoms with Crippen LogP contribution in [-0.2, 0) is 16.6 Å². The molecule has 3 aromatic rings. The van der Waals surface area contributed by atoms with Crippen LogP contribution in [0, 0.1) is 6.92 Å². The van der Waals surface area contributed by atoms with Gasteiger partial charge in [-0.25, -0.2) is 9.48 Å². The van der Waals surface area contributed by atoms with E-state index in [1.54, 1.807) is 42.9 Å². The van der Waals surface area contributed by atoms with E-state index in [0.717, 1.165) is 6.07 Å². The minimum absolute atomic E-state index is 0.0524. The Labute approximate surface area is 182 Å². The number of alkyl halides is 2. The van der Waals surface area contributed by atoms with Gasteiger partial charge in [0.15, 0.2) is 6.10 Å². The minimum atomic E-state index is -3.04. The van der Waals surface area contributed by atoms with E-state index in [2.05, 4.69) is 10.1 Å². The number of aromatic nitrogens is 2. The normalized spacial score (nSPS) is 11.8. The molecular weight excluding hydrogens is 424 g/mol. The molecule has 0 aliphatic carbocycles. The number of hydrogen-bond acceptors (Lipinski definition) is 5. The smallest absolute Gasteiger partial charge is 0.387 e. The monoisotopic (exact) mass is 445 g/mol. The zero-order chi connectivity index (χ0) is 23.4. The second kappa shape index (κ2) is 9.46. The van der Waals surface area contributed by atoms with Crippen LogP contribution in [0.3, 0.4) is 0 Å². The summed E-state index contributed by atoms with van der Waals surface area (Å²) >= 11 is 0. The van der Waals surface area contributed by atoms with Crippen molar-refractivity contribution in [3.63, 3.8) is 0 Å². The standard InChI is InChI=1S/C22H21F2N3O5/c1-13-18(20(29)27(26(13)3)16-9-5-4-6-10-16)25-19(28)14(2)31-21(30)15-8-7-11-17(12-15)32-22(23)24/h4-12,14,22H,1-3H3,(H,25,28)/t14-/m1/s1. The van der Waals surface area contributed by atoms with Crippen LogP contribution >= 0.6 is 0 Å². The van der Waals surface area contributed by atoms with E-state index in [9.17, 15) is 23.2 Å². The quantitative estimate of drug-likeness (QED) is 0.564. The number of hydrogen-bond donors (Lipinski definition) is 1. The number of para-hydroxylation sites is 1. The van der Waals surface area contributed by atoms with Gasteiger partial charge in [0.1, 0.15) is 11.4 Å². The molecule has 32 heavy (non-hydrogen) atoms. The molecule has 1 amide bonds. The Morgan fingerprint density at radius 3 is 2.41 bits per heavy atom. The van der Waals surface area contributed by atoms with E-state index in [1.807, 2.05) is 6.07 Å². The molecule has 0 bridgehead atoms. The van der Waals surface area contributed by atoms with E-state index in [1.165, 1.54) is 29.8 Å². The number of ether oxygens (including phenoxy) is 2. The molecule has 0 fully saturated rings. The summed E-state index contributed by atoms with van der Waals surface area (Å²) in [5.41, 5.74) is 0.665. The average Bonchev–Trinajstić information content (AvgIpc) is 2.97. The first-order valence-corrected chi connectivity index (χ1v) is 9.59. The summed E-state index contributed by atoms with van der Waals surface area (Å²) in [4.78, 5) is 37.8. The van der Waals surface area contributed by atoms with Crippen LogP contribution in [-0.4, -0.2) is 34.0 Å². The summed E-state index contributed by atoms with van der Waals surface area (Å²) in [5, 5.41) is 2.51. The Bertz CT molecular complexity index is 1190. The summed E-state index contributed by atoms with van der Waals surface area (Å²) in [5.74, 6) is -1.84. The molecule has 1 aromatic heterocycles. The van der Waals surface area contributed by atoms with Crippen molar-refractivity contribution >= 4 is 17.6 Å². The predicted octanol–water partition coefficient (Wildman–Crippen LogP) is 3.27. The zero-order valence-electron chi connectivity index (χ0n) is 17.5. The predicted molar refractivity (Wildman–Crippen MR) is 112 cm³/mol. The van der Waals surface area contributed by atoms with E-state index < -0.39 is 30.2 Å². The lowest BCUT2D eigenvalue weighted by molar-refractivity contribution is -0.123. The van der Waals surface area contributed by atoms with Gasteiger partial charge in [0.25, 0.3) is 11.5 Å². The third-order valence-corrected chi connectivity index (χ3v) is 4.75. The Morgan fingerprint density at radius 2 is 1.75 bits per heavy atom. The van der Waals surface area contributed by atoms with E-state index in [0.29, 0.717) is 11.4 Å². The highest BCUT2D eigenvalue weighted by atomic mass is 19.3. The Morgan fingerprint density at radius 1 is 1.06 bits per heavy atom. The number of esters is 1. The van der Waals surface area contributed by atoms with Crippen LogP contribution in [0.4, 0.5) is 14.5 Å². The fraction of sp³-hybridized carbons (Fsp3) is 0.227. The first-order valence-electron chi connectivity index (χ1n) is 9.59. The van der Waals surface area contributed by atoms with Crippen molar-refractivity contribution in [1.82, 2.24) is 9.36 Å². The Kier molecular flexibility index (Phi) is 6.72. The molecule has 10 heteroatoms. The van der Waals surface area contributed by atoms with Gasteiger partial charge in [-0.2, -0.15) is 8.78 Å². The van der Waals surface area contributed by atoms with Gasteiger partial charge >= 0.3 is 12.6 Å². The molecule has 1 N–H and O–H groups in total. The topological polar surface area (TPSA) is 91.6 Å². The minimum Gasteiger partial charge on any atom is -0.449 e. The lowest BCUT2D eigenvalue weighted by Crippen LogP contribution is -2.32. The number of carbonyl (C=O) groups excluding carboxylic acids is 2. The maximum absolute atomic E-state index is 12.9. The molecule has 0 saturated heterocycles. The summed E-state index contributed by atoms with van der Waals surface area (Å²) in [6.07, 6.45) is -1.26. The number of nitrogens with zero attached hydrogens (tertiary/aromatic N) is 2. The molecule has 0 spiro atoms. The van der Waals surface area contributed by atoms with Crippen LogP contribution < -0.4 is 15.6 Å². The number of carbonyl (C=O) groups is 2. The van der Waals surface area contributed by atoms with E-state index in [-0.39, 0.29) is 17.0 Å². The molecule has 0 unspecified atom stereocenters. The highest BCUT2D eigenvalue weighted by molar-refractivity contribution is 5.97. The van der Waals surface area contributed by atoms with Crippen molar-refractivity contribution < 1.29 is 27.8 Å². The number of rotatable bonds is 7. The number of halogens is 2. The van der Waals surface area contributed by atoms with Crippen molar-refractivity contribution in [1.29, 1.82) is 0 Å². The molecule has 0 radical (unpaired) electrons. The number of benzene rings is 2. The summed E-state index contributed by atoms with van der Waals surface area (Å²) in [6.45, 7) is -0.0393. The van der Waals surface area contributed by atoms with Crippen molar-refractivity contribution in [2.75, 3.05) is 5.32 Å². The molecule has 1 heterocycles. The third kappa shape index (κ3) is 4.85. The van der Waals surface area contributed by atoms with Crippen LogP contribution in [0.2, 0.25) is 0 Å². The lowest BCUT2D eigenvalue weighted by atomic mass is 10.2. The zero-order valence-corrected chi connectivity index (χ0v) is 17.5. The second-order valence-corrected chi connectivity index (χ2v) is 6.88. The number of nitrogens with one attached hydrogen (secondary N) is 1. The number of anilines is 1. The maximum Gasteiger partial charge on any atom is 0.387 e. The molecule has 168 valence electrons. The van der Waals surface area contributed by atoms with E-state index in [4.69, 9.17) is 4.74 Å². The van der Waals surface area contributed by atoms with Crippen LogP contribution in [0.1, 0.15) is 23.0 Å². The van der Waals surface area contributed by atoms with Gasteiger partial charge < -0.3 is 14.8 Å². The molecule has 3 rings (SSSR count). The molecule has 0 saturated carbocycles. The average molecular weight is 445 g/mol. The van der Waals surface area contributed by atoms with Crippen LogP contribution in [0.15, 0.2) is 59.4 Å². The van der Waals surface area contributed by atoms with Gasteiger partial charge in [0.2, 0.25) is 0 Å². The summed E-state index contributed by atoms with van der Waals surface area (Å²) in [6, 6.07) is 13.9. The largest absolute Gasteiger partial charge is 0.449 e. The molecule has 0 aliphatic heterocycles. The van der Waals surface area contributed by atoms with Gasteiger partial charge in [-0.15, -0.1) is 0 Å². The summed E-state index contributed by atoms with van der Waals surface area (Å²) in [7, 11) is 1.68. The van der Waals surface area contributed by atoms with Crippen molar-refractivity contribution in [2.45, 2.75) is 26.6 Å². The van der Waals surface area contributed by atoms with Gasteiger partial charge in [-0.3, -0.25) is 14.3 Å². The van der Waals surface area contributed by atoms with Crippen molar-refractivity contribution in [3.05, 3.63) is 76.2 Å². The first-order chi connectivity index (χ1) is 15.2. The van der Waals surface area contributed by atoms with Gasteiger partial charge in [0.05, 0.1) is 16.9 Å². The first kappa shape index (κ1) is 22.7. The summed E-state index contributed by atoms with van der Waals surface area (Å²) < 4.78 is 37.1. The van der Waals surface area contributed by atoms with Crippen molar-refractivity contribution in [3.8, 4) is 11.4 Å². The molecular formula is C22H21F2N3O5. The fourth-order valence-electron chi connectivity index (χ4n) is 3.02. The third-order valence-electron chi connectivity index (χ3n) is 4.75. The van der Waals surface area contributed by atoms with Gasteiger partial charge in [0, 0.05) is 7.05 Å². The molecule has 2 aromatic carbocycles.